The first-order valence-corrected chi connectivity index (χ1v) is 7.29. The van der Waals surface area contributed by atoms with Crippen LogP contribution in [0.1, 0.15) is 5.56 Å². The second-order valence-electron chi connectivity index (χ2n) is 4.39. The molecule has 0 aliphatic carbocycles. The second-order valence-corrected chi connectivity index (χ2v) is 5.23. The number of halogens is 3. The number of benzene rings is 1. The number of nitrogens with zero attached hydrogens (tertiary/aromatic N) is 3. The Bertz CT molecular complexity index is 601. The lowest BCUT2D eigenvalue weighted by Crippen LogP contribution is -2.38. The zero-order valence-corrected chi connectivity index (χ0v) is 15.9. The van der Waals surface area contributed by atoms with Crippen LogP contribution in [0.2, 0.25) is 10.0 Å². The molecule has 0 aliphatic heterocycles. The monoisotopic (exact) mass is 453 g/mol. The van der Waals surface area contributed by atoms with Crippen LogP contribution in [-0.2, 0) is 13.1 Å². The van der Waals surface area contributed by atoms with Gasteiger partial charge in [0.1, 0.15) is 0 Å². The highest BCUT2D eigenvalue weighted by Crippen LogP contribution is 2.20. The maximum Gasteiger partial charge on any atom is 0.191 e. The predicted molar refractivity (Wildman–Crippen MR) is 102 cm³/mol. The zero-order chi connectivity index (χ0) is 15.1. The van der Waals surface area contributed by atoms with Crippen LogP contribution < -0.4 is 10.6 Å². The summed E-state index contributed by atoms with van der Waals surface area (Å²) in [6.45, 7) is 2.16. The van der Waals surface area contributed by atoms with Crippen molar-refractivity contribution in [2.24, 2.45) is 4.99 Å². The van der Waals surface area contributed by atoms with E-state index in [4.69, 9.17) is 23.2 Å². The molecule has 0 spiro atoms. The molecule has 0 saturated heterocycles. The Kier molecular flexibility index (Phi) is 8.59. The fraction of sp³-hybridized carbons (Fsp3) is 0.286. The maximum atomic E-state index is 6.13. The van der Waals surface area contributed by atoms with Crippen LogP contribution in [0.4, 0.5) is 0 Å². The molecule has 0 aliphatic rings. The number of guanidine groups is 1. The quantitative estimate of drug-likeness (QED) is 0.415. The van der Waals surface area contributed by atoms with Gasteiger partial charge in [0.05, 0.1) is 6.33 Å². The Hall–Kier alpha value is -0.990. The van der Waals surface area contributed by atoms with Gasteiger partial charge < -0.3 is 15.2 Å². The summed E-state index contributed by atoms with van der Waals surface area (Å²) in [5.74, 6) is 0.723. The van der Waals surface area contributed by atoms with Crippen molar-refractivity contribution in [3.63, 3.8) is 0 Å². The molecule has 1 heterocycles. The van der Waals surface area contributed by atoms with Crippen LogP contribution in [0.3, 0.4) is 0 Å². The molecule has 0 amide bonds. The summed E-state index contributed by atoms with van der Waals surface area (Å²) in [7, 11) is 1.73. The number of imidazole rings is 1. The van der Waals surface area contributed by atoms with E-state index in [9.17, 15) is 0 Å². The third kappa shape index (κ3) is 6.02. The molecule has 2 N–H and O–H groups in total. The molecule has 0 radical (unpaired) electrons. The van der Waals surface area contributed by atoms with Crippen LogP contribution in [0, 0.1) is 0 Å². The normalized spacial score (nSPS) is 11.0. The molecule has 120 valence electrons. The predicted octanol–water partition coefficient (Wildman–Crippen LogP) is 3.17. The average molecular weight is 454 g/mol. The maximum absolute atomic E-state index is 6.13. The lowest BCUT2D eigenvalue weighted by atomic mass is 10.2. The van der Waals surface area contributed by atoms with Crippen molar-refractivity contribution in [2.45, 2.75) is 13.1 Å². The fourth-order valence-electron chi connectivity index (χ4n) is 1.79. The van der Waals surface area contributed by atoms with Crippen molar-refractivity contribution in [2.75, 3.05) is 13.6 Å². The van der Waals surface area contributed by atoms with Crippen molar-refractivity contribution in [3.8, 4) is 0 Å². The Morgan fingerprint density at radius 3 is 2.77 bits per heavy atom. The summed E-state index contributed by atoms with van der Waals surface area (Å²) >= 11 is 12.0. The largest absolute Gasteiger partial charge is 0.355 e. The molecule has 2 rings (SSSR count). The van der Waals surface area contributed by atoms with Gasteiger partial charge in [-0.25, -0.2) is 4.98 Å². The molecule has 5 nitrogen and oxygen atoms in total. The summed E-state index contributed by atoms with van der Waals surface area (Å²) in [5, 5.41) is 7.72. The van der Waals surface area contributed by atoms with E-state index in [1.54, 1.807) is 25.6 Å². The Morgan fingerprint density at radius 2 is 2.14 bits per heavy atom. The van der Waals surface area contributed by atoms with Gasteiger partial charge in [-0.15, -0.1) is 24.0 Å². The number of nitrogens with one attached hydrogen (secondary N) is 2. The summed E-state index contributed by atoms with van der Waals surface area (Å²) in [4.78, 5) is 8.17. The molecular formula is C14H18Cl2IN5. The van der Waals surface area contributed by atoms with Crippen molar-refractivity contribution in [3.05, 3.63) is 52.5 Å². The zero-order valence-electron chi connectivity index (χ0n) is 12.1. The molecule has 8 heteroatoms. The molecule has 1 aromatic carbocycles. The number of aliphatic imine (C=N–C) groups is 1. The smallest absolute Gasteiger partial charge is 0.191 e. The van der Waals surface area contributed by atoms with Crippen molar-refractivity contribution < 1.29 is 0 Å². The van der Waals surface area contributed by atoms with E-state index >= 15 is 0 Å². The van der Waals surface area contributed by atoms with E-state index in [0.29, 0.717) is 16.6 Å². The van der Waals surface area contributed by atoms with Gasteiger partial charge in [-0.2, -0.15) is 0 Å². The highest BCUT2D eigenvalue weighted by Gasteiger charge is 2.03. The molecule has 0 bridgehead atoms. The van der Waals surface area contributed by atoms with Crippen LogP contribution in [-0.4, -0.2) is 29.1 Å². The minimum Gasteiger partial charge on any atom is -0.355 e. The second kappa shape index (κ2) is 9.91. The van der Waals surface area contributed by atoms with E-state index < -0.39 is 0 Å². The van der Waals surface area contributed by atoms with Crippen LogP contribution in [0.25, 0.3) is 0 Å². The van der Waals surface area contributed by atoms with Crippen LogP contribution in [0.15, 0.2) is 41.9 Å². The van der Waals surface area contributed by atoms with E-state index in [-0.39, 0.29) is 24.0 Å². The van der Waals surface area contributed by atoms with E-state index in [0.717, 1.165) is 24.6 Å². The first-order valence-electron chi connectivity index (χ1n) is 6.53. The third-order valence-corrected chi connectivity index (χ3v) is 3.49. The minimum absolute atomic E-state index is 0. The van der Waals surface area contributed by atoms with Crippen molar-refractivity contribution in [1.82, 2.24) is 20.2 Å². The van der Waals surface area contributed by atoms with E-state index in [2.05, 4.69) is 20.6 Å². The highest BCUT2D eigenvalue weighted by molar-refractivity contribution is 14.0. The lowest BCUT2D eigenvalue weighted by molar-refractivity contribution is 0.661. The molecule has 22 heavy (non-hydrogen) atoms. The van der Waals surface area contributed by atoms with Gasteiger partial charge in [-0.05, 0) is 17.7 Å². The SMILES string of the molecule is CN=C(NCCn1ccnc1)NCc1ccc(Cl)cc1Cl.I. The van der Waals surface area contributed by atoms with Crippen molar-refractivity contribution >= 4 is 53.1 Å². The average Bonchev–Trinajstić information content (AvgIpc) is 2.97. The minimum atomic E-state index is 0. The molecule has 2 aromatic rings. The number of hydrogen-bond acceptors (Lipinski definition) is 2. The summed E-state index contributed by atoms with van der Waals surface area (Å²) in [6, 6.07) is 5.45. The first-order chi connectivity index (χ1) is 10.2. The van der Waals surface area contributed by atoms with Gasteiger partial charge in [0, 0.05) is 49.1 Å². The van der Waals surface area contributed by atoms with Gasteiger partial charge in [0.25, 0.3) is 0 Å². The Morgan fingerprint density at radius 1 is 1.32 bits per heavy atom. The van der Waals surface area contributed by atoms with E-state index in [1.165, 1.54) is 0 Å². The van der Waals surface area contributed by atoms with Crippen LogP contribution >= 0.6 is 47.2 Å². The topological polar surface area (TPSA) is 54.2 Å². The first kappa shape index (κ1) is 19.1. The van der Waals surface area contributed by atoms with Gasteiger partial charge in [0.15, 0.2) is 5.96 Å². The fourth-order valence-corrected chi connectivity index (χ4v) is 2.26. The van der Waals surface area contributed by atoms with Gasteiger partial charge in [-0.3, -0.25) is 4.99 Å². The number of rotatable bonds is 5. The molecule has 0 unspecified atom stereocenters. The van der Waals surface area contributed by atoms with Gasteiger partial charge in [0.2, 0.25) is 0 Å². The summed E-state index contributed by atoms with van der Waals surface area (Å²) in [5.41, 5.74) is 0.971. The van der Waals surface area contributed by atoms with E-state index in [1.807, 2.05) is 22.9 Å². The Balaban J connectivity index is 0.00000242. The molecule has 1 aromatic heterocycles. The third-order valence-electron chi connectivity index (χ3n) is 2.91. The van der Waals surface area contributed by atoms with Crippen LogP contribution in [0.5, 0.6) is 0 Å². The number of aromatic nitrogens is 2. The molecule has 0 fully saturated rings. The number of hydrogen-bond donors (Lipinski definition) is 2. The summed E-state index contributed by atoms with van der Waals surface area (Å²) in [6.07, 6.45) is 5.46. The molecular weight excluding hydrogens is 436 g/mol. The Labute approximate surface area is 157 Å². The van der Waals surface area contributed by atoms with Crippen molar-refractivity contribution in [1.29, 1.82) is 0 Å². The lowest BCUT2D eigenvalue weighted by Gasteiger charge is -2.13. The van der Waals surface area contributed by atoms with Gasteiger partial charge in [-0.1, -0.05) is 29.3 Å². The molecule has 0 atom stereocenters. The highest BCUT2D eigenvalue weighted by atomic mass is 127. The van der Waals surface area contributed by atoms with Gasteiger partial charge >= 0.3 is 0 Å². The standard InChI is InChI=1S/C14H17Cl2N5.HI/c1-17-14(19-5-7-21-6-4-18-10-21)20-9-11-2-3-12(15)8-13(11)16;/h2-4,6,8,10H,5,7,9H2,1H3,(H2,17,19,20);1H. The summed E-state index contributed by atoms with van der Waals surface area (Å²) < 4.78 is 2.00. The molecule has 0 saturated carbocycles.